The van der Waals surface area contributed by atoms with Gasteiger partial charge in [0.05, 0.1) is 18.0 Å². The van der Waals surface area contributed by atoms with Crippen LogP contribution >= 0.6 is 0 Å². The molecule has 0 amide bonds. The average Bonchev–Trinajstić information content (AvgIpc) is 2.65. The van der Waals surface area contributed by atoms with E-state index in [0.717, 1.165) is 31.7 Å². The van der Waals surface area contributed by atoms with E-state index in [4.69, 9.17) is 4.74 Å². The molecule has 0 aliphatic rings. The molecule has 4 nitrogen and oxygen atoms in total. The first kappa shape index (κ1) is 13.2. The predicted octanol–water partition coefficient (Wildman–Crippen LogP) is 1.50. The van der Waals surface area contributed by atoms with Gasteiger partial charge >= 0.3 is 0 Å². The fourth-order valence-electron chi connectivity index (χ4n) is 1.68. The van der Waals surface area contributed by atoms with Gasteiger partial charge in [-0.25, -0.2) is 0 Å². The van der Waals surface area contributed by atoms with Gasteiger partial charge in [0.2, 0.25) is 0 Å². The quantitative estimate of drug-likeness (QED) is 0.764. The third-order valence-electron chi connectivity index (χ3n) is 2.82. The topological polar surface area (TPSA) is 39.1 Å². The minimum Gasteiger partial charge on any atom is -0.383 e. The summed E-state index contributed by atoms with van der Waals surface area (Å²) in [6, 6.07) is 2.58. The first-order valence-electron chi connectivity index (χ1n) is 5.95. The van der Waals surface area contributed by atoms with Crippen molar-refractivity contribution in [3.05, 3.63) is 17.5 Å². The zero-order valence-electron chi connectivity index (χ0n) is 10.8. The van der Waals surface area contributed by atoms with Gasteiger partial charge in [-0.3, -0.25) is 4.68 Å². The number of nitrogens with zero attached hydrogens (tertiary/aromatic N) is 2. The highest BCUT2D eigenvalue weighted by atomic mass is 16.5. The van der Waals surface area contributed by atoms with Gasteiger partial charge in [-0.15, -0.1) is 0 Å². The lowest BCUT2D eigenvalue weighted by atomic mass is 10.2. The minimum atomic E-state index is 0.421. The average molecular weight is 225 g/mol. The zero-order chi connectivity index (χ0) is 12.0. The molecule has 0 aromatic carbocycles. The van der Waals surface area contributed by atoms with E-state index >= 15 is 0 Å². The lowest BCUT2D eigenvalue weighted by molar-refractivity contribution is 0.163. The van der Waals surface area contributed by atoms with Crippen molar-refractivity contribution >= 4 is 0 Å². The van der Waals surface area contributed by atoms with Gasteiger partial charge in [0, 0.05) is 26.7 Å². The van der Waals surface area contributed by atoms with Gasteiger partial charge in [-0.1, -0.05) is 13.8 Å². The molecule has 1 atom stereocenters. The predicted molar refractivity (Wildman–Crippen MR) is 65.4 cm³/mol. The van der Waals surface area contributed by atoms with Crippen molar-refractivity contribution in [3.8, 4) is 0 Å². The summed E-state index contributed by atoms with van der Waals surface area (Å²) in [5.74, 6) is 0. The van der Waals surface area contributed by atoms with Crippen molar-refractivity contribution in [2.24, 2.45) is 7.05 Å². The van der Waals surface area contributed by atoms with Crippen molar-refractivity contribution < 1.29 is 4.74 Å². The summed E-state index contributed by atoms with van der Waals surface area (Å²) in [5, 5.41) is 7.90. The summed E-state index contributed by atoms with van der Waals surface area (Å²) in [4.78, 5) is 0. The Morgan fingerprint density at radius 2 is 2.25 bits per heavy atom. The van der Waals surface area contributed by atoms with Gasteiger partial charge in [-0.05, 0) is 18.9 Å². The molecule has 0 saturated carbocycles. The molecule has 0 aliphatic heterocycles. The SMILES string of the molecule is CCc1cc(CNC(CC)COC)n(C)n1. The second-order valence-electron chi connectivity index (χ2n) is 4.05. The van der Waals surface area contributed by atoms with Gasteiger partial charge in [0.15, 0.2) is 0 Å². The summed E-state index contributed by atoms with van der Waals surface area (Å²) < 4.78 is 7.10. The highest BCUT2D eigenvalue weighted by Crippen LogP contribution is 2.04. The molecular formula is C12H23N3O. The molecule has 1 N–H and O–H groups in total. The monoisotopic (exact) mass is 225 g/mol. The van der Waals surface area contributed by atoms with E-state index in [1.54, 1.807) is 7.11 Å². The van der Waals surface area contributed by atoms with E-state index in [2.05, 4.69) is 30.3 Å². The largest absolute Gasteiger partial charge is 0.383 e. The maximum atomic E-state index is 5.15. The second-order valence-corrected chi connectivity index (χ2v) is 4.05. The van der Waals surface area contributed by atoms with E-state index in [0.29, 0.717) is 6.04 Å². The first-order valence-corrected chi connectivity index (χ1v) is 5.95. The third-order valence-corrected chi connectivity index (χ3v) is 2.82. The Morgan fingerprint density at radius 1 is 1.50 bits per heavy atom. The van der Waals surface area contributed by atoms with Crippen molar-refractivity contribution in [2.75, 3.05) is 13.7 Å². The summed E-state index contributed by atoms with van der Waals surface area (Å²) in [6.07, 6.45) is 2.06. The summed E-state index contributed by atoms with van der Waals surface area (Å²) in [6.45, 7) is 5.90. The van der Waals surface area contributed by atoms with Gasteiger partial charge in [-0.2, -0.15) is 5.10 Å². The number of rotatable bonds is 7. The van der Waals surface area contributed by atoms with Crippen LogP contribution in [0.3, 0.4) is 0 Å². The standard InChI is InChI=1S/C12H23N3O/c1-5-10-7-12(15(3)14-10)8-13-11(6-2)9-16-4/h7,11,13H,5-6,8-9H2,1-4H3. The Morgan fingerprint density at radius 3 is 2.75 bits per heavy atom. The highest BCUT2D eigenvalue weighted by Gasteiger charge is 2.07. The lowest BCUT2D eigenvalue weighted by Gasteiger charge is -2.15. The fraction of sp³-hybridized carbons (Fsp3) is 0.750. The fourth-order valence-corrected chi connectivity index (χ4v) is 1.68. The molecule has 0 bridgehead atoms. The second kappa shape index (κ2) is 6.66. The third kappa shape index (κ3) is 3.61. The number of aromatic nitrogens is 2. The number of hydrogen-bond acceptors (Lipinski definition) is 3. The molecule has 0 aliphatic carbocycles. The molecule has 1 aromatic heterocycles. The summed E-state index contributed by atoms with van der Waals surface area (Å²) >= 11 is 0. The van der Waals surface area contributed by atoms with Crippen LogP contribution in [0.15, 0.2) is 6.07 Å². The number of hydrogen-bond donors (Lipinski definition) is 1. The van der Waals surface area contributed by atoms with Crippen LogP contribution in [0.2, 0.25) is 0 Å². The minimum absolute atomic E-state index is 0.421. The Kier molecular flexibility index (Phi) is 5.49. The van der Waals surface area contributed by atoms with Crippen LogP contribution in [0.1, 0.15) is 31.7 Å². The Hall–Kier alpha value is -0.870. The molecule has 16 heavy (non-hydrogen) atoms. The zero-order valence-corrected chi connectivity index (χ0v) is 10.8. The van der Waals surface area contributed by atoms with Gasteiger partial charge < -0.3 is 10.1 Å². The van der Waals surface area contributed by atoms with E-state index < -0.39 is 0 Å². The van der Waals surface area contributed by atoms with Crippen LogP contribution in [0.4, 0.5) is 0 Å². The van der Waals surface area contributed by atoms with Crippen molar-refractivity contribution in [1.82, 2.24) is 15.1 Å². The van der Waals surface area contributed by atoms with Crippen molar-refractivity contribution in [3.63, 3.8) is 0 Å². The van der Waals surface area contributed by atoms with Crippen molar-refractivity contribution in [2.45, 2.75) is 39.3 Å². The smallest absolute Gasteiger partial charge is 0.0625 e. The Balaban J connectivity index is 2.49. The summed E-state index contributed by atoms with van der Waals surface area (Å²) in [7, 11) is 3.73. The van der Waals surface area contributed by atoms with Crippen LogP contribution in [0, 0.1) is 0 Å². The number of nitrogens with one attached hydrogen (secondary N) is 1. The molecule has 1 rings (SSSR count). The van der Waals surface area contributed by atoms with Gasteiger partial charge in [0.25, 0.3) is 0 Å². The highest BCUT2D eigenvalue weighted by molar-refractivity contribution is 5.10. The van der Waals surface area contributed by atoms with Gasteiger partial charge in [0.1, 0.15) is 0 Å². The molecule has 0 spiro atoms. The molecule has 0 radical (unpaired) electrons. The Bertz CT molecular complexity index is 309. The first-order chi connectivity index (χ1) is 7.71. The summed E-state index contributed by atoms with van der Waals surface area (Å²) in [5.41, 5.74) is 2.38. The molecule has 1 heterocycles. The van der Waals surface area contributed by atoms with E-state index in [1.807, 2.05) is 11.7 Å². The maximum Gasteiger partial charge on any atom is 0.0625 e. The van der Waals surface area contributed by atoms with Crippen LogP contribution in [0.25, 0.3) is 0 Å². The molecule has 0 fully saturated rings. The molecule has 92 valence electrons. The molecule has 0 saturated heterocycles. The van der Waals surface area contributed by atoms with Crippen LogP contribution in [0.5, 0.6) is 0 Å². The normalized spacial score (nSPS) is 13.0. The lowest BCUT2D eigenvalue weighted by Crippen LogP contribution is -2.32. The van der Waals surface area contributed by atoms with Crippen LogP contribution < -0.4 is 5.32 Å². The number of methoxy groups -OCH3 is 1. The molecule has 4 heteroatoms. The Labute approximate surface area is 98.0 Å². The van der Waals surface area contributed by atoms with Crippen LogP contribution in [-0.2, 0) is 24.8 Å². The number of aryl methyl sites for hydroxylation is 2. The van der Waals surface area contributed by atoms with Crippen molar-refractivity contribution in [1.29, 1.82) is 0 Å². The van der Waals surface area contributed by atoms with E-state index in [-0.39, 0.29) is 0 Å². The maximum absolute atomic E-state index is 5.15. The molecule has 1 aromatic rings. The number of ether oxygens (including phenoxy) is 1. The van der Waals surface area contributed by atoms with E-state index in [9.17, 15) is 0 Å². The van der Waals surface area contributed by atoms with E-state index in [1.165, 1.54) is 5.69 Å². The molecular weight excluding hydrogens is 202 g/mol. The molecule has 1 unspecified atom stereocenters. The van der Waals surface area contributed by atoms with Crippen LogP contribution in [-0.4, -0.2) is 29.5 Å².